The molecule has 8 nitrogen and oxygen atoms in total. The van der Waals surface area contributed by atoms with Crippen LogP contribution in [0.25, 0.3) is 0 Å². The summed E-state index contributed by atoms with van der Waals surface area (Å²) < 4.78 is 3.72. The molecule has 0 aromatic carbocycles. The first kappa shape index (κ1) is 15.0. The second kappa shape index (κ2) is 6.18. The number of likely N-dealkylation sites (tertiary alicyclic amines) is 1. The Morgan fingerprint density at radius 3 is 3.04 bits per heavy atom. The zero-order chi connectivity index (χ0) is 16.5. The number of rotatable bonds is 3. The Morgan fingerprint density at radius 1 is 1.29 bits per heavy atom. The number of nitrogens with zero attached hydrogens (tertiary/aromatic N) is 6. The van der Waals surface area contributed by atoms with Crippen LogP contribution in [0.5, 0.6) is 0 Å². The van der Waals surface area contributed by atoms with Crippen molar-refractivity contribution in [3.8, 4) is 0 Å². The van der Waals surface area contributed by atoms with Gasteiger partial charge in [0.05, 0.1) is 0 Å². The van der Waals surface area contributed by atoms with Gasteiger partial charge in [0.2, 0.25) is 5.91 Å². The first-order chi connectivity index (χ1) is 11.7. The molecule has 4 heterocycles. The number of amides is 1. The molecular formula is C16H20N6O2. The standard InChI is InChI=1S/C16H20N6O2/c23-15-7-13(22-6-2-4-14(22)19-15)12-3-1-5-20(8-12)16(24)9-21-11-17-10-18-21/h7,10-12H,1-6,8-9H2/t12-/m1/s1. The summed E-state index contributed by atoms with van der Waals surface area (Å²) in [6.07, 6.45) is 6.82. The van der Waals surface area contributed by atoms with Gasteiger partial charge in [0.25, 0.3) is 5.56 Å². The van der Waals surface area contributed by atoms with E-state index >= 15 is 0 Å². The minimum absolute atomic E-state index is 0.0447. The molecule has 24 heavy (non-hydrogen) atoms. The number of fused-ring (bicyclic) bond motifs is 1. The van der Waals surface area contributed by atoms with Gasteiger partial charge in [-0.05, 0) is 19.3 Å². The lowest BCUT2D eigenvalue weighted by molar-refractivity contribution is -0.133. The summed E-state index contributed by atoms with van der Waals surface area (Å²) in [5.41, 5.74) is 0.880. The summed E-state index contributed by atoms with van der Waals surface area (Å²) in [4.78, 5) is 34.3. The normalized spacial score (nSPS) is 20.2. The van der Waals surface area contributed by atoms with E-state index in [4.69, 9.17) is 0 Å². The van der Waals surface area contributed by atoms with Crippen molar-refractivity contribution < 1.29 is 4.79 Å². The third-order valence-electron chi connectivity index (χ3n) is 4.87. The molecule has 2 aromatic rings. The van der Waals surface area contributed by atoms with E-state index < -0.39 is 0 Å². The maximum Gasteiger partial charge on any atom is 0.273 e. The number of aromatic nitrogens is 5. The largest absolute Gasteiger partial charge is 0.340 e. The molecule has 0 radical (unpaired) electrons. The molecule has 0 unspecified atom stereocenters. The first-order valence-corrected chi connectivity index (χ1v) is 8.41. The Morgan fingerprint density at radius 2 is 2.21 bits per heavy atom. The van der Waals surface area contributed by atoms with E-state index in [0.29, 0.717) is 6.54 Å². The molecule has 8 heteroatoms. The van der Waals surface area contributed by atoms with Crippen molar-refractivity contribution in [2.75, 3.05) is 13.1 Å². The van der Waals surface area contributed by atoms with Gasteiger partial charge in [-0.15, -0.1) is 0 Å². The summed E-state index contributed by atoms with van der Waals surface area (Å²) >= 11 is 0. The highest BCUT2D eigenvalue weighted by atomic mass is 16.2. The fourth-order valence-electron chi connectivity index (χ4n) is 3.75. The van der Waals surface area contributed by atoms with Gasteiger partial charge in [-0.2, -0.15) is 10.1 Å². The predicted octanol–water partition coefficient (Wildman–Crippen LogP) is 0.187. The highest BCUT2D eigenvalue weighted by Gasteiger charge is 2.28. The average molecular weight is 328 g/mol. The molecule has 4 rings (SSSR count). The molecule has 1 fully saturated rings. The van der Waals surface area contributed by atoms with Gasteiger partial charge >= 0.3 is 0 Å². The average Bonchev–Trinajstić information content (AvgIpc) is 3.25. The van der Waals surface area contributed by atoms with Gasteiger partial charge < -0.3 is 9.47 Å². The fraction of sp³-hybridized carbons (Fsp3) is 0.562. The van der Waals surface area contributed by atoms with Crippen LogP contribution in [0.15, 0.2) is 23.5 Å². The zero-order valence-electron chi connectivity index (χ0n) is 13.5. The highest BCUT2D eigenvalue weighted by molar-refractivity contribution is 5.76. The minimum Gasteiger partial charge on any atom is -0.340 e. The van der Waals surface area contributed by atoms with E-state index in [1.807, 2.05) is 4.90 Å². The van der Waals surface area contributed by atoms with Crippen LogP contribution >= 0.6 is 0 Å². The van der Waals surface area contributed by atoms with Crippen LogP contribution in [0.3, 0.4) is 0 Å². The fourth-order valence-corrected chi connectivity index (χ4v) is 3.75. The smallest absolute Gasteiger partial charge is 0.273 e. The molecular weight excluding hydrogens is 308 g/mol. The maximum atomic E-state index is 12.5. The molecule has 1 atom stereocenters. The van der Waals surface area contributed by atoms with Gasteiger partial charge in [0, 0.05) is 43.7 Å². The Hall–Kier alpha value is -2.51. The van der Waals surface area contributed by atoms with Crippen molar-refractivity contribution >= 4 is 5.91 Å². The molecule has 2 aliphatic heterocycles. The second-order valence-electron chi connectivity index (χ2n) is 6.46. The zero-order valence-corrected chi connectivity index (χ0v) is 13.5. The second-order valence-corrected chi connectivity index (χ2v) is 6.46. The Kier molecular flexibility index (Phi) is 3.87. The SMILES string of the molecule is O=C(Cn1cncn1)N1CCC[C@@H](c2cc(=O)nc3n2CCC3)C1. The quantitative estimate of drug-likeness (QED) is 0.803. The van der Waals surface area contributed by atoms with Gasteiger partial charge in [0.1, 0.15) is 25.0 Å². The van der Waals surface area contributed by atoms with Gasteiger partial charge in [0.15, 0.2) is 0 Å². The van der Waals surface area contributed by atoms with Crippen molar-refractivity contribution in [3.63, 3.8) is 0 Å². The van der Waals surface area contributed by atoms with E-state index in [1.165, 1.54) is 6.33 Å². The topological polar surface area (TPSA) is 85.9 Å². The summed E-state index contributed by atoms with van der Waals surface area (Å²) in [5, 5.41) is 3.99. The van der Waals surface area contributed by atoms with Crippen LogP contribution in [-0.2, 0) is 24.3 Å². The highest BCUT2D eigenvalue weighted by Crippen LogP contribution is 2.28. The Bertz CT molecular complexity index is 797. The van der Waals surface area contributed by atoms with Gasteiger partial charge in [-0.1, -0.05) is 0 Å². The van der Waals surface area contributed by atoms with Crippen LogP contribution in [0.2, 0.25) is 0 Å². The minimum atomic E-state index is -0.163. The Balaban J connectivity index is 1.53. The summed E-state index contributed by atoms with van der Waals surface area (Å²) in [6, 6.07) is 1.66. The number of carbonyl (C=O) groups excluding carboxylic acids is 1. The van der Waals surface area contributed by atoms with E-state index in [9.17, 15) is 9.59 Å². The lowest BCUT2D eigenvalue weighted by atomic mass is 9.94. The van der Waals surface area contributed by atoms with Crippen molar-refractivity contribution in [2.24, 2.45) is 0 Å². The van der Waals surface area contributed by atoms with Gasteiger partial charge in [-0.3, -0.25) is 9.59 Å². The maximum absolute atomic E-state index is 12.5. The lowest BCUT2D eigenvalue weighted by Crippen LogP contribution is -2.41. The van der Waals surface area contributed by atoms with E-state index in [0.717, 1.165) is 50.3 Å². The molecule has 1 amide bonds. The number of hydrogen-bond donors (Lipinski definition) is 0. The van der Waals surface area contributed by atoms with Crippen LogP contribution in [0.1, 0.15) is 36.7 Å². The molecule has 0 aliphatic carbocycles. The van der Waals surface area contributed by atoms with Crippen LogP contribution in [0.4, 0.5) is 0 Å². The molecule has 0 N–H and O–H groups in total. The summed E-state index contributed by atoms with van der Waals surface area (Å²) in [6.45, 7) is 2.53. The number of aryl methyl sites for hydroxylation is 1. The predicted molar refractivity (Wildman–Crippen MR) is 85.4 cm³/mol. The van der Waals surface area contributed by atoms with E-state index in [2.05, 4.69) is 19.6 Å². The van der Waals surface area contributed by atoms with Crippen molar-refractivity contribution in [2.45, 2.75) is 44.7 Å². The van der Waals surface area contributed by atoms with E-state index in [-0.39, 0.29) is 23.9 Å². The molecule has 0 saturated carbocycles. The Labute approximate surface area is 139 Å². The molecule has 2 aliphatic rings. The van der Waals surface area contributed by atoms with Crippen LogP contribution < -0.4 is 5.56 Å². The third-order valence-corrected chi connectivity index (χ3v) is 4.87. The number of carbonyl (C=O) groups is 1. The van der Waals surface area contributed by atoms with Crippen LogP contribution in [-0.4, -0.2) is 48.2 Å². The first-order valence-electron chi connectivity index (χ1n) is 8.41. The molecule has 0 bridgehead atoms. The number of piperidine rings is 1. The molecule has 1 saturated heterocycles. The summed E-state index contributed by atoms with van der Waals surface area (Å²) in [7, 11) is 0. The molecule has 0 spiro atoms. The van der Waals surface area contributed by atoms with Crippen molar-refractivity contribution in [3.05, 3.63) is 40.6 Å². The monoisotopic (exact) mass is 328 g/mol. The molecule has 126 valence electrons. The third kappa shape index (κ3) is 2.83. The van der Waals surface area contributed by atoms with Crippen LogP contribution in [0, 0.1) is 0 Å². The summed E-state index contributed by atoms with van der Waals surface area (Å²) in [5.74, 6) is 1.14. The lowest BCUT2D eigenvalue weighted by Gasteiger charge is -2.34. The number of hydrogen-bond acceptors (Lipinski definition) is 5. The van der Waals surface area contributed by atoms with Gasteiger partial charge in [-0.25, -0.2) is 9.67 Å². The van der Waals surface area contributed by atoms with E-state index in [1.54, 1.807) is 17.1 Å². The van der Waals surface area contributed by atoms with Crippen molar-refractivity contribution in [1.29, 1.82) is 0 Å². The van der Waals surface area contributed by atoms with Crippen molar-refractivity contribution in [1.82, 2.24) is 29.2 Å². The molecule has 2 aromatic heterocycles.